The van der Waals surface area contributed by atoms with Crippen LogP contribution in [0.1, 0.15) is 25.5 Å². The van der Waals surface area contributed by atoms with Gasteiger partial charge in [0.25, 0.3) is 0 Å². The highest BCUT2D eigenvalue weighted by Gasteiger charge is 2.30. The predicted molar refractivity (Wildman–Crippen MR) is 103 cm³/mol. The number of hydrogen-bond acceptors (Lipinski definition) is 3. The molecular formula is C19H31ClN3O2+. The summed E-state index contributed by atoms with van der Waals surface area (Å²) in [6.45, 7) is 7.79. The van der Waals surface area contributed by atoms with Crippen molar-refractivity contribution in [3.8, 4) is 0 Å². The van der Waals surface area contributed by atoms with Gasteiger partial charge in [0.15, 0.2) is 0 Å². The van der Waals surface area contributed by atoms with E-state index in [1.165, 1.54) is 16.2 Å². The second kappa shape index (κ2) is 8.88. The number of nitrogens with zero attached hydrogens (tertiary/aromatic N) is 1. The number of carbonyl (C=O) groups is 1. The Morgan fingerprint density at radius 3 is 2.40 bits per heavy atom. The summed E-state index contributed by atoms with van der Waals surface area (Å²) < 4.78 is 5.50. The first-order valence-corrected chi connectivity index (χ1v) is 9.42. The summed E-state index contributed by atoms with van der Waals surface area (Å²) in [7, 11) is 4.07. The van der Waals surface area contributed by atoms with E-state index in [-0.39, 0.29) is 11.9 Å². The third-order valence-corrected chi connectivity index (χ3v) is 5.52. The molecule has 1 aliphatic rings. The molecule has 0 aliphatic carbocycles. The maximum Gasteiger partial charge on any atom is 0.227 e. The number of rotatable bonds is 7. The van der Waals surface area contributed by atoms with E-state index in [9.17, 15) is 4.79 Å². The van der Waals surface area contributed by atoms with Gasteiger partial charge < -0.3 is 19.9 Å². The molecule has 2 N–H and O–H groups in total. The number of anilines is 1. The molecule has 1 fully saturated rings. The Balaban J connectivity index is 2.14. The molecule has 1 aliphatic heterocycles. The van der Waals surface area contributed by atoms with Gasteiger partial charge in [-0.25, -0.2) is 0 Å². The zero-order chi connectivity index (χ0) is 18.4. The standard InChI is InChI=1S/C19H30ClN3O2/c1-19(2,14-20)18(24)21-13-17(23-9-11-25-12-10-23)15-5-7-16(8-6-15)22(3)4/h5-8,17H,9-14H2,1-4H3,(H,21,24)/p+1/t17-/m0/s1. The third kappa shape index (κ3) is 5.33. The van der Waals surface area contributed by atoms with Crippen molar-refractivity contribution in [2.24, 2.45) is 5.41 Å². The highest BCUT2D eigenvalue weighted by atomic mass is 35.5. The minimum atomic E-state index is -0.554. The van der Waals surface area contributed by atoms with E-state index in [2.05, 4.69) is 34.5 Å². The van der Waals surface area contributed by atoms with E-state index >= 15 is 0 Å². The van der Waals surface area contributed by atoms with Crippen molar-refractivity contribution in [1.82, 2.24) is 5.32 Å². The summed E-state index contributed by atoms with van der Waals surface area (Å²) in [5.41, 5.74) is 1.86. The van der Waals surface area contributed by atoms with Gasteiger partial charge in [-0.05, 0) is 26.0 Å². The van der Waals surface area contributed by atoms with Crippen molar-refractivity contribution in [3.63, 3.8) is 0 Å². The number of quaternary nitrogens is 1. The predicted octanol–water partition coefficient (Wildman–Crippen LogP) is 1.09. The summed E-state index contributed by atoms with van der Waals surface area (Å²) >= 11 is 5.93. The molecule has 1 aromatic rings. The fourth-order valence-electron chi connectivity index (χ4n) is 2.98. The molecule has 25 heavy (non-hydrogen) atoms. The number of morpholine rings is 1. The van der Waals surface area contributed by atoms with Crippen LogP contribution in [0.4, 0.5) is 5.69 Å². The molecule has 0 spiro atoms. The van der Waals surface area contributed by atoms with Crippen LogP contribution in [0.5, 0.6) is 0 Å². The molecule has 2 rings (SSSR count). The third-order valence-electron chi connectivity index (χ3n) is 4.86. The summed E-state index contributed by atoms with van der Waals surface area (Å²) in [4.78, 5) is 16.0. The molecule has 1 amide bonds. The Kier molecular flexibility index (Phi) is 7.11. The average Bonchev–Trinajstić information content (AvgIpc) is 2.63. The van der Waals surface area contributed by atoms with Crippen molar-refractivity contribution in [2.75, 3.05) is 57.7 Å². The van der Waals surface area contributed by atoms with Gasteiger partial charge >= 0.3 is 0 Å². The number of carbonyl (C=O) groups excluding carboxylic acids is 1. The van der Waals surface area contributed by atoms with Crippen LogP contribution in [-0.4, -0.2) is 58.7 Å². The first-order valence-electron chi connectivity index (χ1n) is 8.89. The highest BCUT2D eigenvalue weighted by Crippen LogP contribution is 2.19. The second-order valence-electron chi connectivity index (χ2n) is 7.54. The van der Waals surface area contributed by atoms with Crippen LogP contribution in [0.15, 0.2) is 24.3 Å². The van der Waals surface area contributed by atoms with Gasteiger partial charge in [-0.3, -0.25) is 4.79 Å². The monoisotopic (exact) mass is 368 g/mol. The lowest BCUT2D eigenvalue weighted by atomic mass is 9.95. The molecule has 1 atom stereocenters. The van der Waals surface area contributed by atoms with E-state index in [4.69, 9.17) is 16.3 Å². The van der Waals surface area contributed by atoms with Crippen LogP contribution in [0, 0.1) is 5.41 Å². The molecule has 6 heteroatoms. The molecule has 0 unspecified atom stereocenters. The zero-order valence-electron chi connectivity index (χ0n) is 15.8. The number of ether oxygens (including phenoxy) is 1. The lowest BCUT2D eigenvalue weighted by molar-refractivity contribution is -0.937. The lowest BCUT2D eigenvalue weighted by Gasteiger charge is -2.33. The van der Waals surface area contributed by atoms with E-state index in [1.54, 1.807) is 0 Å². The molecule has 5 nitrogen and oxygen atoms in total. The zero-order valence-corrected chi connectivity index (χ0v) is 16.5. The molecular weight excluding hydrogens is 338 g/mol. The SMILES string of the molecule is CN(C)c1ccc([C@H](CNC(=O)C(C)(C)CCl)[NH+]2CCOCC2)cc1. The number of hydrogen-bond donors (Lipinski definition) is 2. The quantitative estimate of drug-likeness (QED) is 0.708. The summed E-state index contributed by atoms with van der Waals surface area (Å²) in [6, 6.07) is 8.82. The summed E-state index contributed by atoms with van der Waals surface area (Å²) in [6.07, 6.45) is 0. The van der Waals surface area contributed by atoms with Crippen molar-refractivity contribution in [2.45, 2.75) is 19.9 Å². The molecule has 1 aromatic carbocycles. The van der Waals surface area contributed by atoms with Gasteiger partial charge in [-0.1, -0.05) is 12.1 Å². The maximum absolute atomic E-state index is 12.4. The van der Waals surface area contributed by atoms with Gasteiger partial charge in [-0.15, -0.1) is 11.6 Å². The molecule has 1 heterocycles. The number of nitrogens with one attached hydrogen (secondary N) is 2. The Bertz CT molecular complexity index is 554. The minimum Gasteiger partial charge on any atom is -0.378 e. The van der Waals surface area contributed by atoms with E-state index in [0.29, 0.717) is 12.4 Å². The van der Waals surface area contributed by atoms with Crippen LogP contribution in [0.2, 0.25) is 0 Å². The molecule has 140 valence electrons. The maximum atomic E-state index is 12.4. The number of amides is 1. The Hall–Kier alpha value is -1.30. The van der Waals surface area contributed by atoms with Crippen molar-refractivity contribution >= 4 is 23.2 Å². The summed E-state index contributed by atoms with van der Waals surface area (Å²) in [5, 5.41) is 3.11. The lowest BCUT2D eigenvalue weighted by Crippen LogP contribution is -3.15. The van der Waals surface area contributed by atoms with Crippen LogP contribution in [-0.2, 0) is 9.53 Å². The normalized spacial score (nSPS) is 17.2. The number of alkyl halides is 1. The Morgan fingerprint density at radius 2 is 1.88 bits per heavy atom. The van der Waals surface area contributed by atoms with Crippen LogP contribution >= 0.6 is 11.6 Å². The second-order valence-corrected chi connectivity index (χ2v) is 7.80. The van der Waals surface area contributed by atoms with E-state index in [0.717, 1.165) is 26.3 Å². The fourth-order valence-corrected chi connectivity index (χ4v) is 3.10. The van der Waals surface area contributed by atoms with Crippen LogP contribution in [0.25, 0.3) is 0 Å². The smallest absolute Gasteiger partial charge is 0.227 e. The van der Waals surface area contributed by atoms with Crippen LogP contribution < -0.4 is 15.1 Å². The molecule has 0 radical (unpaired) electrons. The molecule has 0 aromatic heterocycles. The molecule has 1 saturated heterocycles. The van der Waals surface area contributed by atoms with Gasteiger partial charge in [0, 0.05) is 31.2 Å². The molecule has 0 bridgehead atoms. The Morgan fingerprint density at radius 1 is 1.28 bits per heavy atom. The van der Waals surface area contributed by atoms with Crippen molar-refractivity contribution < 1.29 is 14.4 Å². The van der Waals surface area contributed by atoms with Crippen molar-refractivity contribution in [3.05, 3.63) is 29.8 Å². The van der Waals surface area contributed by atoms with Gasteiger partial charge in [0.1, 0.15) is 19.1 Å². The average molecular weight is 369 g/mol. The van der Waals surface area contributed by atoms with Gasteiger partial charge in [0.05, 0.1) is 25.2 Å². The largest absolute Gasteiger partial charge is 0.378 e. The number of benzene rings is 1. The van der Waals surface area contributed by atoms with E-state index in [1.807, 2.05) is 27.9 Å². The highest BCUT2D eigenvalue weighted by molar-refractivity contribution is 6.19. The van der Waals surface area contributed by atoms with E-state index < -0.39 is 5.41 Å². The minimum absolute atomic E-state index is 0.00470. The Labute approximate surface area is 156 Å². The fraction of sp³-hybridized carbons (Fsp3) is 0.632. The first kappa shape index (κ1) is 20.0. The topological polar surface area (TPSA) is 46.0 Å². The number of halogens is 1. The van der Waals surface area contributed by atoms with Crippen molar-refractivity contribution in [1.29, 1.82) is 0 Å². The molecule has 0 saturated carbocycles. The summed E-state index contributed by atoms with van der Waals surface area (Å²) in [5.74, 6) is 0.316. The first-order chi connectivity index (χ1) is 11.8. The van der Waals surface area contributed by atoms with Gasteiger partial charge in [-0.2, -0.15) is 0 Å². The van der Waals surface area contributed by atoms with Gasteiger partial charge in [0.2, 0.25) is 5.91 Å². The van der Waals surface area contributed by atoms with Crippen LogP contribution in [0.3, 0.4) is 0 Å².